The second kappa shape index (κ2) is 7.23. The molecule has 2 atom stereocenters. The van der Waals surface area contributed by atoms with Crippen molar-refractivity contribution in [2.45, 2.75) is 25.0 Å². The number of aryl methyl sites for hydroxylation is 1. The van der Waals surface area contributed by atoms with E-state index in [1.807, 2.05) is 29.9 Å². The molecule has 0 aliphatic carbocycles. The van der Waals surface area contributed by atoms with Crippen LogP contribution in [0, 0.1) is 0 Å². The lowest BCUT2D eigenvalue weighted by molar-refractivity contribution is 0.0908. The van der Waals surface area contributed by atoms with E-state index >= 15 is 0 Å². The van der Waals surface area contributed by atoms with Crippen LogP contribution in [-0.4, -0.2) is 39.8 Å². The van der Waals surface area contributed by atoms with E-state index in [1.54, 1.807) is 18.6 Å². The van der Waals surface area contributed by atoms with E-state index in [-0.39, 0.29) is 18.2 Å². The monoisotopic (exact) mass is 315 g/mol. The molecular weight excluding hydrogens is 294 g/mol. The maximum absolute atomic E-state index is 12.1. The normalized spacial score (nSPS) is 20.4. The number of amides is 2. The Kier molecular flexibility index (Phi) is 4.87. The van der Waals surface area contributed by atoms with Gasteiger partial charge < -0.3 is 19.9 Å². The maximum Gasteiger partial charge on any atom is 0.315 e. The molecule has 1 fully saturated rings. The van der Waals surface area contributed by atoms with Crippen molar-refractivity contribution in [3.63, 3.8) is 0 Å². The summed E-state index contributed by atoms with van der Waals surface area (Å²) < 4.78 is 7.66. The molecule has 0 spiro atoms. The zero-order chi connectivity index (χ0) is 16.1. The lowest BCUT2D eigenvalue weighted by atomic mass is 10.1. The number of urea groups is 1. The molecule has 2 amide bonds. The fourth-order valence-corrected chi connectivity index (χ4v) is 2.73. The molecule has 1 aliphatic heterocycles. The quantitative estimate of drug-likeness (QED) is 0.868. The molecule has 3 heterocycles. The number of nitrogens with zero attached hydrogens (tertiary/aromatic N) is 3. The molecule has 0 unspecified atom stereocenters. The first-order valence-corrected chi connectivity index (χ1v) is 7.76. The highest BCUT2D eigenvalue weighted by molar-refractivity contribution is 5.74. The van der Waals surface area contributed by atoms with Crippen LogP contribution in [0.5, 0.6) is 0 Å². The van der Waals surface area contributed by atoms with Gasteiger partial charge in [0.1, 0.15) is 11.9 Å². The predicted molar refractivity (Wildman–Crippen MR) is 84.8 cm³/mol. The molecule has 0 bridgehead atoms. The number of carbonyl (C=O) groups excluding carboxylic acids is 1. The summed E-state index contributed by atoms with van der Waals surface area (Å²) in [6.07, 6.45) is 8.49. The minimum atomic E-state index is -0.194. The van der Waals surface area contributed by atoms with Gasteiger partial charge in [-0.05, 0) is 30.5 Å². The average molecular weight is 315 g/mol. The van der Waals surface area contributed by atoms with E-state index in [2.05, 4.69) is 20.6 Å². The number of hydrogen-bond donors (Lipinski definition) is 2. The van der Waals surface area contributed by atoms with Crippen molar-refractivity contribution >= 4 is 6.03 Å². The van der Waals surface area contributed by atoms with Crippen LogP contribution >= 0.6 is 0 Å². The van der Waals surface area contributed by atoms with Crippen molar-refractivity contribution < 1.29 is 9.53 Å². The van der Waals surface area contributed by atoms with Gasteiger partial charge in [0.25, 0.3) is 0 Å². The van der Waals surface area contributed by atoms with Gasteiger partial charge >= 0.3 is 6.03 Å². The molecular formula is C16H21N5O2. The Morgan fingerprint density at radius 3 is 2.96 bits per heavy atom. The van der Waals surface area contributed by atoms with Gasteiger partial charge in [0.15, 0.2) is 0 Å². The van der Waals surface area contributed by atoms with Gasteiger partial charge in [-0.15, -0.1) is 0 Å². The highest BCUT2D eigenvalue weighted by atomic mass is 16.5. The Hall–Kier alpha value is -2.41. The summed E-state index contributed by atoms with van der Waals surface area (Å²) in [5, 5.41) is 5.88. The molecule has 122 valence electrons. The van der Waals surface area contributed by atoms with Crippen LogP contribution < -0.4 is 10.6 Å². The third-order valence-electron chi connectivity index (χ3n) is 3.97. The molecule has 0 saturated carbocycles. The molecule has 2 N–H and O–H groups in total. The van der Waals surface area contributed by atoms with Gasteiger partial charge in [0.2, 0.25) is 0 Å². The smallest absolute Gasteiger partial charge is 0.315 e. The number of pyridine rings is 1. The van der Waals surface area contributed by atoms with Gasteiger partial charge in [-0.1, -0.05) is 0 Å². The van der Waals surface area contributed by atoms with E-state index in [0.717, 1.165) is 24.2 Å². The number of carbonyl (C=O) groups is 1. The highest BCUT2D eigenvalue weighted by Gasteiger charge is 2.33. The van der Waals surface area contributed by atoms with Crippen molar-refractivity contribution in [1.29, 1.82) is 0 Å². The van der Waals surface area contributed by atoms with Gasteiger partial charge in [0, 0.05) is 45.0 Å². The van der Waals surface area contributed by atoms with Gasteiger partial charge in [0.05, 0.1) is 6.04 Å². The summed E-state index contributed by atoms with van der Waals surface area (Å²) in [6.45, 7) is 1.20. The van der Waals surface area contributed by atoms with Crippen LogP contribution in [0.1, 0.15) is 23.9 Å². The van der Waals surface area contributed by atoms with Gasteiger partial charge in [-0.3, -0.25) is 4.98 Å². The summed E-state index contributed by atoms with van der Waals surface area (Å²) in [7, 11) is 1.93. The topological polar surface area (TPSA) is 81.1 Å². The van der Waals surface area contributed by atoms with E-state index in [4.69, 9.17) is 4.74 Å². The number of rotatable bonds is 5. The van der Waals surface area contributed by atoms with Crippen LogP contribution in [0.3, 0.4) is 0 Å². The number of hydrogen-bond acceptors (Lipinski definition) is 4. The van der Waals surface area contributed by atoms with Crippen molar-refractivity contribution in [3.8, 4) is 0 Å². The fourth-order valence-electron chi connectivity index (χ4n) is 2.73. The van der Waals surface area contributed by atoms with E-state index in [9.17, 15) is 4.79 Å². The second-order valence-corrected chi connectivity index (χ2v) is 5.59. The highest BCUT2D eigenvalue weighted by Crippen LogP contribution is 2.27. The van der Waals surface area contributed by atoms with Crippen LogP contribution in [0.2, 0.25) is 0 Å². The largest absolute Gasteiger partial charge is 0.368 e. The predicted octanol–water partition coefficient (Wildman–Crippen LogP) is 1.19. The standard InChI is InChI=1S/C16H21N5O2/c1-21-10-9-18-15(21)14-13(5-11-23-14)20-16(22)19-8-4-12-2-6-17-7-3-12/h2-3,6-7,9-10,13-14H,4-5,8,11H2,1H3,(H2,19,20,22)/t13-,14-/m1/s1. The number of imidazole rings is 1. The summed E-state index contributed by atoms with van der Waals surface area (Å²) in [6, 6.07) is 3.66. The third-order valence-corrected chi connectivity index (χ3v) is 3.97. The molecule has 3 rings (SSSR count). The van der Waals surface area contributed by atoms with Crippen LogP contribution in [0.25, 0.3) is 0 Å². The maximum atomic E-state index is 12.1. The minimum Gasteiger partial charge on any atom is -0.368 e. The molecule has 1 aliphatic rings. The second-order valence-electron chi connectivity index (χ2n) is 5.59. The van der Waals surface area contributed by atoms with E-state index < -0.39 is 0 Å². The van der Waals surface area contributed by atoms with Crippen molar-refractivity contribution in [2.75, 3.05) is 13.2 Å². The van der Waals surface area contributed by atoms with E-state index in [0.29, 0.717) is 13.2 Å². The Labute approximate surface area is 135 Å². The Morgan fingerprint density at radius 1 is 1.39 bits per heavy atom. The minimum absolute atomic E-state index is 0.0583. The Morgan fingerprint density at radius 2 is 2.22 bits per heavy atom. The van der Waals surface area contributed by atoms with Gasteiger partial charge in [-0.25, -0.2) is 9.78 Å². The Balaban J connectivity index is 1.48. The number of aromatic nitrogens is 3. The summed E-state index contributed by atoms with van der Waals surface area (Å²) in [5.74, 6) is 0.838. The molecule has 7 heteroatoms. The summed E-state index contributed by atoms with van der Waals surface area (Å²) in [5.41, 5.74) is 1.15. The van der Waals surface area contributed by atoms with Crippen LogP contribution in [-0.2, 0) is 18.2 Å². The molecule has 23 heavy (non-hydrogen) atoms. The molecule has 0 aromatic carbocycles. The first kappa shape index (κ1) is 15.5. The zero-order valence-electron chi connectivity index (χ0n) is 13.1. The molecule has 0 radical (unpaired) electrons. The third kappa shape index (κ3) is 3.87. The van der Waals surface area contributed by atoms with Gasteiger partial charge in [-0.2, -0.15) is 0 Å². The first-order chi connectivity index (χ1) is 11.2. The van der Waals surface area contributed by atoms with Crippen molar-refractivity contribution in [3.05, 3.63) is 48.3 Å². The van der Waals surface area contributed by atoms with Crippen molar-refractivity contribution in [1.82, 2.24) is 25.2 Å². The SMILES string of the molecule is Cn1ccnc1[C@@H]1OCC[C@H]1NC(=O)NCCc1ccncc1. The van der Waals surface area contributed by atoms with Crippen LogP contribution in [0.4, 0.5) is 4.79 Å². The van der Waals surface area contributed by atoms with E-state index in [1.165, 1.54) is 0 Å². The number of nitrogens with one attached hydrogen (secondary N) is 2. The van der Waals surface area contributed by atoms with Crippen LogP contribution in [0.15, 0.2) is 36.9 Å². The molecule has 2 aromatic rings. The molecule has 7 nitrogen and oxygen atoms in total. The lowest BCUT2D eigenvalue weighted by Crippen LogP contribution is -2.44. The average Bonchev–Trinajstić information content (AvgIpc) is 3.17. The summed E-state index contributed by atoms with van der Waals surface area (Å²) in [4.78, 5) is 20.4. The number of ether oxygens (including phenoxy) is 1. The zero-order valence-corrected chi connectivity index (χ0v) is 13.1. The van der Waals surface area contributed by atoms with Crippen molar-refractivity contribution in [2.24, 2.45) is 7.05 Å². The Bertz CT molecular complexity index is 643. The lowest BCUT2D eigenvalue weighted by Gasteiger charge is -2.19. The summed E-state index contributed by atoms with van der Waals surface area (Å²) >= 11 is 0. The molecule has 1 saturated heterocycles. The molecule has 2 aromatic heterocycles. The first-order valence-electron chi connectivity index (χ1n) is 7.76. The fraction of sp³-hybridized carbons (Fsp3) is 0.438.